The molecule has 1 aliphatic heterocycles. The van der Waals surface area contributed by atoms with E-state index in [0.717, 1.165) is 11.1 Å². The molecule has 4 rings (SSSR count). The van der Waals surface area contributed by atoms with E-state index >= 15 is 0 Å². The average Bonchev–Trinajstić information content (AvgIpc) is 3.16. The van der Waals surface area contributed by atoms with E-state index in [0.29, 0.717) is 31.4 Å². The fraction of sp³-hybridized carbons (Fsp3) is 0.148. The molecule has 0 saturated carbocycles. The smallest absolute Gasteiger partial charge is 0.266 e. The first kappa shape index (κ1) is 25.8. The number of carbonyl (C=O) groups is 2. The summed E-state index contributed by atoms with van der Waals surface area (Å²) in [5.41, 5.74) is 2.26. The first-order valence-corrected chi connectivity index (χ1v) is 12.6. The number of nitrogens with zero attached hydrogens (tertiary/aromatic N) is 1. The summed E-state index contributed by atoms with van der Waals surface area (Å²) in [4.78, 5) is 27.6. The van der Waals surface area contributed by atoms with E-state index < -0.39 is 0 Å². The van der Waals surface area contributed by atoms with Crippen molar-refractivity contribution in [2.24, 2.45) is 0 Å². The van der Waals surface area contributed by atoms with Crippen molar-refractivity contribution in [2.75, 3.05) is 19.0 Å². The second-order valence-electron chi connectivity index (χ2n) is 7.87. The number of amides is 2. The summed E-state index contributed by atoms with van der Waals surface area (Å²) in [6.45, 7) is 1.73. The molecule has 184 valence electrons. The zero-order chi connectivity index (χ0) is 25.7. The summed E-state index contributed by atoms with van der Waals surface area (Å²) in [6.07, 6.45) is 1.77. The van der Waals surface area contributed by atoms with Crippen molar-refractivity contribution in [1.82, 2.24) is 4.90 Å². The van der Waals surface area contributed by atoms with Crippen molar-refractivity contribution >= 4 is 63.5 Å². The van der Waals surface area contributed by atoms with Gasteiger partial charge in [0.05, 0.1) is 28.8 Å². The van der Waals surface area contributed by atoms with Gasteiger partial charge in [-0.25, -0.2) is 0 Å². The second kappa shape index (κ2) is 11.6. The molecule has 0 bridgehead atoms. The van der Waals surface area contributed by atoms with Gasteiger partial charge in [0.2, 0.25) is 0 Å². The summed E-state index contributed by atoms with van der Waals surface area (Å²) in [6, 6.07) is 21.8. The number of thioether (sulfide) groups is 1. The quantitative estimate of drug-likeness (QED) is 0.267. The second-order valence-corrected chi connectivity index (χ2v) is 9.95. The van der Waals surface area contributed by atoms with Gasteiger partial charge in [-0.15, -0.1) is 0 Å². The molecule has 6 nitrogen and oxygen atoms in total. The van der Waals surface area contributed by atoms with Gasteiger partial charge >= 0.3 is 0 Å². The van der Waals surface area contributed by atoms with Crippen molar-refractivity contribution in [3.8, 4) is 11.5 Å². The number of nitrogens with one attached hydrogen (secondary N) is 1. The number of ether oxygens (including phenoxy) is 2. The number of carbonyl (C=O) groups excluding carboxylic acids is 2. The molecule has 0 spiro atoms. The molecule has 1 fully saturated rings. The van der Waals surface area contributed by atoms with Crippen LogP contribution in [0.15, 0.2) is 77.7 Å². The van der Waals surface area contributed by atoms with Crippen LogP contribution in [0.5, 0.6) is 11.5 Å². The zero-order valence-electron chi connectivity index (χ0n) is 19.6. The Morgan fingerprint density at radius 3 is 2.56 bits per heavy atom. The SMILES string of the molecule is COc1cc(/C=C2\SC(=S)N([C@H](C)c3ccccc3)C2=O)ccc1OCC(=O)Nc1ccccc1Cl. The van der Waals surface area contributed by atoms with Gasteiger partial charge in [-0.3, -0.25) is 14.5 Å². The maximum atomic E-state index is 13.1. The van der Waals surface area contributed by atoms with Gasteiger partial charge in [-0.1, -0.05) is 84.1 Å². The number of thiocarbonyl (C=S) groups is 1. The molecule has 1 atom stereocenters. The Hall–Kier alpha value is -3.33. The molecule has 3 aromatic rings. The molecule has 1 saturated heterocycles. The molecule has 1 aliphatic rings. The lowest BCUT2D eigenvalue weighted by Crippen LogP contribution is -2.30. The molecular weight excluding hydrogens is 516 g/mol. The zero-order valence-corrected chi connectivity index (χ0v) is 22.0. The number of hydrogen-bond donors (Lipinski definition) is 1. The Labute approximate surface area is 224 Å². The van der Waals surface area contributed by atoms with Gasteiger partial charge in [-0.05, 0) is 48.4 Å². The third kappa shape index (κ3) is 5.90. The monoisotopic (exact) mass is 538 g/mol. The highest BCUT2D eigenvalue weighted by Gasteiger charge is 2.35. The van der Waals surface area contributed by atoms with Gasteiger partial charge in [-0.2, -0.15) is 0 Å². The van der Waals surface area contributed by atoms with E-state index in [1.807, 2.05) is 37.3 Å². The number of methoxy groups -OCH3 is 1. The molecule has 0 radical (unpaired) electrons. The van der Waals surface area contributed by atoms with Gasteiger partial charge in [0.1, 0.15) is 4.32 Å². The van der Waals surface area contributed by atoms with Crippen LogP contribution in [0, 0.1) is 0 Å². The number of rotatable bonds is 8. The van der Waals surface area contributed by atoms with Crippen LogP contribution in [-0.4, -0.2) is 34.8 Å². The summed E-state index contributed by atoms with van der Waals surface area (Å²) < 4.78 is 11.6. The van der Waals surface area contributed by atoms with Crippen molar-refractivity contribution in [3.63, 3.8) is 0 Å². The minimum atomic E-state index is -0.356. The maximum absolute atomic E-state index is 13.1. The first-order chi connectivity index (χ1) is 17.4. The van der Waals surface area contributed by atoms with Crippen molar-refractivity contribution in [1.29, 1.82) is 0 Å². The number of hydrogen-bond acceptors (Lipinski definition) is 6. The lowest BCUT2D eigenvalue weighted by atomic mass is 10.1. The summed E-state index contributed by atoms with van der Waals surface area (Å²) in [5, 5.41) is 3.15. The van der Waals surface area contributed by atoms with Crippen LogP contribution in [-0.2, 0) is 9.59 Å². The van der Waals surface area contributed by atoms with Crippen LogP contribution in [0.2, 0.25) is 5.02 Å². The molecule has 3 aromatic carbocycles. The van der Waals surface area contributed by atoms with Gasteiger partial charge in [0.25, 0.3) is 11.8 Å². The highest BCUT2D eigenvalue weighted by Crippen LogP contribution is 2.39. The van der Waals surface area contributed by atoms with Crippen LogP contribution in [0.4, 0.5) is 5.69 Å². The summed E-state index contributed by atoms with van der Waals surface area (Å²) in [7, 11) is 1.51. The molecule has 0 unspecified atom stereocenters. The Bertz CT molecular complexity index is 1330. The van der Waals surface area contributed by atoms with Crippen LogP contribution >= 0.6 is 35.6 Å². The number of anilines is 1. The highest BCUT2D eigenvalue weighted by atomic mass is 35.5. The van der Waals surface area contributed by atoms with Crippen LogP contribution in [0.25, 0.3) is 6.08 Å². The van der Waals surface area contributed by atoms with E-state index in [4.69, 9.17) is 33.3 Å². The number of halogens is 1. The van der Waals surface area contributed by atoms with Crippen LogP contribution in [0.1, 0.15) is 24.1 Å². The van der Waals surface area contributed by atoms with E-state index in [1.165, 1.54) is 18.9 Å². The minimum Gasteiger partial charge on any atom is -0.493 e. The van der Waals surface area contributed by atoms with Crippen LogP contribution in [0.3, 0.4) is 0 Å². The molecule has 36 heavy (non-hydrogen) atoms. The molecular formula is C27H23ClN2O4S2. The lowest BCUT2D eigenvalue weighted by Gasteiger charge is -2.23. The fourth-order valence-electron chi connectivity index (χ4n) is 3.63. The Morgan fingerprint density at radius 1 is 1.11 bits per heavy atom. The maximum Gasteiger partial charge on any atom is 0.266 e. The molecule has 0 aromatic heterocycles. The first-order valence-electron chi connectivity index (χ1n) is 11.0. The summed E-state index contributed by atoms with van der Waals surface area (Å²) >= 11 is 12.9. The van der Waals surface area contributed by atoms with E-state index in [9.17, 15) is 9.59 Å². The Kier molecular flexibility index (Phi) is 8.30. The lowest BCUT2D eigenvalue weighted by molar-refractivity contribution is -0.123. The number of para-hydroxylation sites is 1. The van der Waals surface area contributed by atoms with Crippen molar-refractivity contribution in [2.45, 2.75) is 13.0 Å². The third-order valence-corrected chi connectivity index (χ3v) is 7.14. The predicted molar refractivity (Wildman–Crippen MR) is 148 cm³/mol. The normalized spacial score (nSPS) is 15.2. The van der Waals surface area contributed by atoms with Crippen molar-refractivity contribution in [3.05, 3.63) is 93.9 Å². The Morgan fingerprint density at radius 2 is 1.83 bits per heavy atom. The molecule has 0 aliphatic carbocycles. The third-order valence-electron chi connectivity index (χ3n) is 5.48. The molecule has 9 heteroatoms. The van der Waals surface area contributed by atoms with Gasteiger partial charge in [0.15, 0.2) is 18.1 Å². The topological polar surface area (TPSA) is 67.9 Å². The van der Waals surface area contributed by atoms with E-state index in [1.54, 1.807) is 53.4 Å². The fourth-order valence-corrected chi connectivity index (χ4v) is 5.23. The largest absolute Gasteiger partial charge is 0.493 e. The summed E-state index contributed by atoms with van der Waals surface area (Å²) in [5.74, 6) is 0.332. The molecule has 1 heterocycles. The average molecular weight is 539 g/mol. The van der Waals surface area contributed by atoms with E-state index in [-0.39, 0.29) is 24.5 Å². The van der Waals surface area contributed by atoms with Gasteiger partial charge < -0.3 is 14.8 Å². The Balaban J connectivity index is 1.45. The highest BCUT2D eigenvalue weighted by molar-refractivity contribution is 8.26. The predicted octanol–water partition coefficient (Wildman–Crippen LogP) is 6.33. The van der Waals surface area contributed by atoms with Crippen LogP contribution < -0.4 is 14.8 Å². The molecule has 1 N–H and O–H groups in total. The standard InChI is InChI=1S/C27H23ClN2O4S2/c1-17(19-8-4-3-5-9-19)30-26(32)24(36-27(30)35)15-18-12-13-22(23(14-18)33-2)34-16-25(31)29-21-11-7-6-10-20(21)28/h3-15,17H,16H2,1-2H3,(H,29,31)/b24-15-/t17-/m1/s1. The number of benzene rings is 3. The van der Waals surface area contributed by atoms with E-state index in [2.05, 4.69) is 5.32 Å². The van der Waals surface area contributed by atoms with Gasteiger partial charge in [0, 0.05) is 0 Å². The molecule has 2 amide bonds. The van der Waals surface area contributed by atoms with Crippen molar-refractivity contribution < 1.29 is 19.1 Å². The minimum absolute atomic E-state index is 0.142.